The Bertz CT molecular complexity index is 2070. The lowest BCUT2D eigenvalue weighted by Crippen LogP contribution is -2.47. The van der Waals surface area contributed by atoms with E-state index in [-0.39, 0.29) is 29.6 Å². The molecule has 12 heteroatoms. The highest BCUT2D eigenvalue weighted by atomic mass is 32.2. The van der Waals surface area contributed by atoms with E-state index in [2.05, 4.69) is 10.0 Å². The summed E-state index contributed by atoms with van der Waals surface area (Å²) in [5.41, 5.74) is 2.07. The highest BCUT2D eigenvalue weighted by molar-refractivity contribution is 7.92. The molecule has 0 bridgehead atoms. The first kappa shape index (κ1) is 34.5. The van der Waals surface area contributed by atoms with Crippen LogP contribution >= 0.6 is 0 Å². The van der Waals surface area contributed by atoms with Gasteiger partial charge in [-0.25, -0.2) is 13.2 Å². The van der Waals surface area contributed by atoms with E-state index >= 15 is 0 Å². The van der Waals surface area contributed by atoms with Gasteiger partial charge in [-0.1, -0.05) is 79.7 Å². The molecule has 0 atom stereocenters. The minimum absolute atomic E-state index is 0.0697. The summed E-state index contributed by atoms with van der Waals surface area (Å²) in [5.74, 6) is 0.993. The van der Waals surface area contributed by atoms with Crippen molar-refractivity contribution in [2.24, 2.45) is 0 Å². The number of hydrogen-bond donors (Lipinski definition) is 2. The molecule has 1 aliphatic heterocycles. The average molecular weight is 696 g/mol. The van der Waals surface area contributed by atoms with Gasteiger partial charge >= 0.3 is 5.69 Å². The molecule has 0 saturated carbocycles. The molecule has 1 aromatic heterocycles. The number of imidazole rings is 1. The summed E-state index contributed by atoms with van der Waals surface area (Å²) < 4.78 is 43.3. The lowest BCUT2D eigenvalue weighted by atomic mass is 10.1. The van der Waals surface area contributed by atoms with Crippen LogP contribution in [0.5, 0.6) is 11.5 Å². The minimum Gasteiger partial charge on any atom is -0.490 e. The van der Waals surface area contributed by atoms with Gasteiger partial charge in [-0.2, -0.15) is 0 Å². The Labute approximate surface area is 292 Å². The van der Waals surface area contributed by atoms with Gasteiger partial charge in [0.05, 0.1) is 29.4 Å². The maximum atomic E-state index is 14.8. The molecule has 1 saturated heterocycles. The summed E-state index contributed by atoms with van der Waals surface area (Å²) in [7, 11) is -3.70. The second-order valence-corrected chi connectivity index (χ2v) is 13.7. The van der Waals surface area contributed by atoms with Crippen LogP contribution in [0.15, 0.2) is 114 Å². The predicted octanol–water partition coefficient (Wildman–Crippen LogP) is 5.01. The van der Waals surface area contributed by atoms with Crippen molar-refractivity contribution in [1.29, 1.82) is 0 Å². The summed E-state index contributed by atoms with van der Waals surface area (Å²) in [6.07, 6.45) is 0.426. The average Bonchev–Trinajstić information content (AvgIpc) is 3.42. The molecular weight excluding hydrogens is 655 g/mol. The van der Waals surface area contributed by atoms with Gasteiger partial charge in [0.15, 0.2) is 0 Å². The summed E-state index contributed by atoms with van der Waals surface area (Å²) in [6.45, 7) is 4.74. The largest absolute Gasteiger partial charge is 0.490 e. The van der Waals surface area contributed by atoms with Gasteiger partial charge in [-0.15, -0.1) is 0 Å². The molecule has 4 aromatic carbocycles. The lowest BCUT2D eigenvalue weighted by Gasteiger charge is -2.28. The first-order valence-electron chi connectivity index (χ1n) is 16.7. The van der Waals surface area contributed by atoms with Crippen LogP contribution in [0.25, 0.3) is 16.9 Å². The molecule has 0 spiro atoms. The summed E-state index contributed by atoms with van der Waals surface area (Å²) >= 11 is 0. The number of para-hydroxylation sites is 3. The van der Waals surface area contributed by atoms with E-state index in [4.69, 9.17) is 9.47 Å². The summed E-state index contributed by atoms with van der Waals surface area (Å²) in [5, 5.41) is 3.28. The zero-order valence-electron chi connectivity index (χ0n) is 28.0. The fraction of sp³-hybridized carbons (Fsp3) is 0.263. The van der Waals surface area contributed by atoms with Gasteiger partial charge in [0, 0.05) is 31.7 Å². The van der Waals surface area contributed by atoms with Crippen molar-refractivity contribution in [3.05, 3.63) is 131 Å². The van der Waals surface area contributed by atoms with Gasteiger partial charge in [0.25, 0.3) is 5.91 Å². The Morgan fingerprint density at radius 3 is 2.18 bits per heavy atom. The molecule has 2 N–H and O–H groups in total. The van der Waals surface area contributed by atoms with Crippen LogP contribution in [0.3, 0.4) is 0 Å². The van der Waals surface area contributed by atoms with Crippen LogP contribution in [0.1, 0.15) is 29.4 Å². The Balaban J connectivity index is 1.44. The third-order valence-electron chi connectivity index (χ3n) is 8.28. The van der Waals surface area contributed by atoms with Crippen LogP contribution in [0, 0.1) is 0 Å². The smallest absolute Gasteiger partial charge is 0.334 e. The van der Waals surface area contributed by atoms with Crippen molar-refractivity contribution >= 4 is 21.6 Å². The molecule has 260 valence electrons. The predicted molar refractivity (Wildman–Crippen MR) is 195 cm³/mol. The van der Waals surface area contributed by atoms with Gasteiger partial charge in [-0.3, -0.25) is 18.7 Å². The maximum absolute atomic E-state index is 14.8. The molecular formula is C38H41N5O6S. The number of nitrogens with one attached hydrogen (secondary N) is 2. The highest BCUT2D eigenvalue weighted by Gasteiger charge is 2.32. The first-order valence-corrected chi connectivity index (χ1v) is 18.4. The second-order valence-electron chi connectivity index (χ2n) is 11.9. The van der Waals surface area contributed by atoms with Crippen LogP contribution < -0.4 is 25.2 Å². The molecule has 50 heavy (non-hydrogen) atoms. The quantitative estimate of drug-likeness (QED) is 0.157. The fourth-order valence-corrected chi connectivity index (χ4v) is 7.15. The molecule has 1 aliphatic rings. The Morgan fingerprint density at radius 1 is 0.820 bits per heavy atom. The van der Waals surface area contributed by atoms with Crippen LogP contribution in [-0.2, 0) is 16.6 Å². The first-order chi connectivity index (χ1) is 24.3. The Hall–Kier alpha value is -5.33. The molecule has 1 fully saturated rings. The van der Waals surface area contributed by atoms with Gasteiger partial charge in [-0.05, 0) is 48.4 Å². The van der Waals surface area contributed by atoms with Crippen LogP contribution in [-0.4, -0.2) is 73.5 Å². The van der Waals surface area contributed by atoms with E-state index in [1.54, 1.807) is 36.1 Å². The van der Waals surface area contributed by atoms with Gasteiger partial charge in [0.1, 0.15) is 30.4 Å². The molecule has 0 aliphatic carbocycles. The topological polar surface area (TPSA) is 124 Å². The summed E-state index contributed by atoms with van der Waals surface area (Å²) in [6, 6.07) is 32.9. The monoisotopic (exact) mass is 695 g/mol. The number of aromatic nitrogens is 2. The molecule has 2 heterocycles. The van der Waals surface area contributed by atoms with E-state index < -0.39 is 15.7 Å². The number of carbonyl (C=O) groups excluding carboxylic acids is 1. The zero-order chi connectivity index (χ0) is 34.9. The number of anilines is 1. The maximum Gasteiger partial charge on any atom is 0.334 e. The number of benzene rings is 4. The fourth-order valence-electron chi connectivity index (χ4n) is 6.01. The van der Waals surface area contributed by atoms with Crippen molar-refractivity contribution in [2.75, 3.05) is 49.9 Å². The Morgan fingerprint density at radius 2 is 1.46 bits per heavy atom. The molecule has 11 nitrogen and oxygen atoms in total. The van der Waals surface area contributed by atoms with E-state index in [0.717, 1.165) is 11.3 Å². The third kappa shape index (κ3) is 8.10. The number of hydrogen-bond acceptors (Lipinski definition) is 7. The normalized spacial score (nSPS) is 13.2. The van der Waals surface area contributed by atoms with Crippen molar-refractivity contribution in [1.82, 2.24) is 19.4 Å². The minimum atomic E-state index is -3.70. The number of ether oxygens (including phenoxy) is 2. The van der Waals surface area contributed by atoms with E-state index in [9.17, 15) is 18.0 Å². The van der Waals surface area contributed by atoms with E-state index in [1.807, 2.05) is 84.9 Å². The van der Waals surface area contributed by atoms with Crippen molar-refractivity contribution in [3.63, 3.8) is 0 Å². The molecule has 0 radical (unpaired) electrons. The third-order valence-corrected chi connectivity index (χ3v) is 9.76. The second kappa shape index (κ2) is 15.9. The number of carbonyl (C=O) groups is 1. The van der Waals surface area contributed by atoms with E-state index in [1.165, 1.54) is 9.13 Å². The van der Waals surface area contributed by atoms with Crippen LogP contribution in [0.2, 0.25) is 0 Å². The highest BCUT2D eigenvalue weighted by Crippen LogP contribution is 2.31. The van der Waals surface area contributed by atoms with Crippen LogP contribution in [0.4, 0.5) is 5.69 Å². The molecule has 1 amide bonds. The lowest BCUT2D eigenvalue weighted by molar-refractivity contribution is 0.0725. The summed E-state index contributed by atoms with van der Waals surface area (Å²) in [4.78, 5) is 31.1. The number of nitrogens with zero attached hydrogens (tertiary/aromatic N) is 3. The number of piperazine rings is 1. The number of rotatable bonds is 14. The molecule has 0 unspecified atom stereocenters. The number of amides is 1. The Kier molecular flexibility index (Phi) is 11.0. The van der Waals surface area contributed by atoms with Crippen molar-refractivity contribution in [3.8, 4) is 28.4 Å². The van der Waals surface area contributed by atoms with Crippen molar-refractivity contribution in [2.45, 2.75) is 19.9 Å². The van der Waals surface area contributed by atoms with Gasteiger partial charge < -0.3 is 19.7 Å². The standard InChI is InChI=1S/C38H41N5O6S/c1-2-26-50(46,47)40-33-18-9-10-19-34(33)43-35(30-13-5-3-6-14-30)36(37(44)41-22-20-39-21-23-41)42(38(43)45)28-29-12-11-17-32(27-29)49-25-24-48-31-15-7-4-8-16-31/h3-19,27,39-40H,2,20-26,28H2,1H3. The molecule has 5 aromatic rings. The van der Waals surface area contributed by atoms with Crippen molar-refractivity contribution < 1.29 is 22.7 Å². The zero-order valence-corrected chi connectivity index (χ0v) is 28.8. The van der Waals surface area contributed by atoms with Gasteiger partial charge in [0.2, 0.25) is 10.0 Å². The number of sulfonamides is 1. The molecule has 6 rings (SSSR count). The van der Waals surface area contributed by atoms with E-state index in [0.29, 0.717) is 68.5 Å². The SMILES string of the molecule is CCCS(=O)(=O)Nc1ccccc1-n1c(-c2ccccc2)c(C(=O)N2CCNCC2)n(Cc2cccc(OCCOc3ccccc3)c2)c1=O.